The number of hydrogen-bond acceptors (Lipinski definition) is 12. The zero-order valence-electron chi connectivity index (χ0n) is 66.1. The van der Waals surface area contributed by atoms with Crippen LogP contribution in [0.15, 0.2) is 47.1 Å². The number of carbonyl (C=O) groups is 4. The van der Waals surface area contributed by atoms with Crippen molar-refractivity contribution in [2.45, 2.75) is 307 Å². The van der Waals surface area contributed by atoms with E-state index in [-0.39, 0.29) is 89.8 Å². The molecule has 0 radical (unpaired) electrons. The molecule has 0 unspecified atom stereocenters. The molecular formula is C90H122O12. The molecule has 9 fully saturated rings. The number of rotatable bonds is 3. The van der Waals surface area contributed by atoms with Crippen molar-refractivity contribution in [2.24, 2.45) is 100.0 Å². The average Bonchev–Trinajstić information content (AvgIpc) is 0.689. The fraction of sp³-hybridized carbons (Fsp3) is 0.756. The lowest BCUT2D eigenvalue weighted by molar-refractivity contribution is -0.239. The van der Waals surface area contributed by atoms with Gasteiger partial charge in [0, 0.05) is 33.4 Å². The van der Waals surface area contributed by atoms with Crippen molar-refractivity contribution >= 4 is 23.7 Å². The van der Waals surface area contributed by atoms with Crippen LogP contribution < -0.4 is 18.9 Å². The van der Waals surface area contributed by atoms with Crippen LogP contribution in [-0.2, 0) is 50.6 Å². The second-order valence-electron chi connectivity index (χ2n) is 41.8. The molecular weight excluding hydrogens is 1270 g/mol. The van der Waals surface area contributed by atoms with Crippen molar-refractivity contribution < 1.29 is 57.4 Å². The zero-order valence-corrected chi connectivity index (χ0v) is 66.1. The Morgan fingerprint density at radius 2 is 0.961 bits per heavy atom. The summed E-state index contributed by atoms with van der Waals surface area (Å²) in [6, 6.07) is 4.60. The molecule has 9 saturated carbocycles. The first-order valence-corrected chi connectivity index (χ1v) is 40.2. The van der Waals surface area contributed by atoms with E-state index < -0.39 is 56.5 Å². The SMILES string of the molecule is COC(=O)[C@]1(C)CC[C@]2(C)CC[C@@]3(C)C4=CC=C5C(=CC(=O)[C@@]6(O)Oc7cc8c(c(C)c7O[C@@]56C)[C@H]5Oc6cc7c(c(C)c6O[C@H]5[C@@H]5[C@@]8(C)CC[C@@]6(C)[C@@H]8C[C@](C)(C(=O)OC)CC[C@]8(C)CC[C@@]56C)CC[C@@H]5[C@@]7(C)CC[C@@]6(C)[C@@H]7C[C@](C)(C(=O)OC)CC[C@]7(C)CC[C@@]56C)[C@]4(C)CC[C@@]3(C)[C@@H]2C1. The maximum Gasteiger partial charge on any atom is 0.317 e. The first-order valence-electron chi connectivity index (χ1n) is 40.2. The predicted molar refractivity (Wildman–Crippen MR) is 393 cm³/mol. The van der Waals surface area contributed by atoms with E-state index in [0.29, 0.717) is 23.3 Å². The summed E-state index contributed by atoms with van der Waals surface area (Å²) in [5, 5.41) is 13.6. The normalized spacial score (nSPS) is 50.7. The Labute approximate surface area is 609 Å². The lowest BCUT2D eigenvalue weighted by Gasteiger charge is -2.73. The highest BCUT2D eigenvalue weighted by molar-refractivity contribution is 6.02. The molecule has 0 spiro atoms. The fourth-order valence-electron chi connectivity index (χ4n) is 30.3. The lowest BCUT2D eigenvalue weighted by atomic mass is 9.32. The molecule has 2 aliphatic heterocycles. The number of ketones is 1. The van der Waals surface area contributed by atoms with Crippen molar-refractivity contribution in [1.29, 1.82) is 0 Å². The van der Waals surface area contributed by atoms with Crippen LogP contribution in [0.25, 0.3) is 0 Å². The summed E-state index contributed by atoms with van der Waals surface area (Å²) in [4.78, 5) is 57.0. The van der Waals surface area contributed by atoms with Crippen LogP contribution in [0, 0.1) is 114 Å². The Hall–Kier alpha value is -5.10. The van der Waals surface area contributed by atoms with Crippen molar-refractivity contribution in [1.82, 2.24) is 0 Å². The van der Waals surface area contributed by atoms with Gasteiger partial charge in [-0.1, -0.05) is 101 Å². The molecule has 2 aromatic carbocycles. The maximum atomic E-state index is 15.7. The van der Waals surface area contributed by atoms with Gasteiger partial charge in [-0.05, 0) is 313 Å². The van der Waals surface area contributed by atoms with E-state index in [0.717, 1.165) is 174 Å². The van der Waals surface area contributed by atoms with E-state index in [1.165, 1.54) is 42.2 Å². The highest BCUT2D eigenvalue weighted by Gasteiger charge is 2.76. The molecule has 2 aromatic rings. The minimum Gasteiger partial charge on any atom is -0.482 e. The third-order valence-electron chi connectivity index (χ3n) is 37.8. The third kappa shape index (κ3) is 8.03. The van der Waals surface area contributed by atoms with Crippen LogP contribution in [0.4, 0.5) is 0 Å². The highest BCUT2D eigenvalue weighted by atomic mass is 16.7. The Morgan fingerprint density at radius 1 is 0.480 bits per heavy atom. The molecule has 12 nitrogen and oxygen atoms in total. The van der Waals surface area contributed by atoms with Gasteiger partial charge in [-0.15, -0.1) is 0 Å². The summed E-state index contributed by atoms with van der Waals surface area (Å²) in [5.41, 5.74) is 5.00. The molecule has 13 aliphatic carbocycles. The average molecular weight is 1400 g/mol. The van der Waals surface area contributed by atoms with Crippen LogP contribution >= 0.6 is 0 Å². The third-order valence-corrected chi connectivity index (χ3v) is 37.8. The fourth-order valence-corrected chi connectivity index (χ4v) is 30.3. The smallest absolute Gasteiger partial charge is 0.317 e. The van der Waals surface area contributed by atoms with E-state index in [2.05, 4.69) is 142 Å². The Kier molecular flexibility index (Phi) is 14.2. The predicted octanol–water partition coefficient (Wildman–Crippen LogP) is 19.3. The van der Waals surface area contributed by atoms with Crippen LogP contribution in [0.5, 0.6) is 23.0 Å². The molecule has 0 saturated heterocycles. The molecule has 17 rings (SSSR count). The van der Waals surface area contributed by atoms with E-state index in [4.69, 9.17) is 33.2 Å². The summed E-state index contributed by atoms with van der Waals surface area (Å²) in [6.45, 7) is 43.1. The molecule has 1 N–H and O–H groups in total. The number of ether oxygens (including phenoxy) is 7. The van der Waals surface area contributed by atoms with Gasteiger partial charge >= 0.3 is 23.7 Å². The summed E-state index contributed by atoms with van der Waals surface area (Å²) < 4.78 is 48.0. The first-order chi connectivity index (χ1) is 47.5. The molecule has 0 bridgehead atoms. The van der Waals surface area contributed by atoms with Crippen molar-refractivity contribution in [3.63, 3.8) is 0 Å². The second kappa shape index (κ2) is 20.8. The molecule has 2 heterocycles. The number of carbonyl (C=O) groups excluding carboxylic acids is 4. The topological polar surface area (TPSA) is 153 Å². The molecule has 0 amide bonds. The number of fused-ring (bicyclic) bond motifs is 28. The molecule has 15 aliphatic rings. The molecule has 102 heavy (non-hydrogen) atoms. The highest BCUT2D eigenvalue weighted by Crippen LogP contribution is 2.81. The minimum absolute atomic E-state index is 0.0331. The second-order valence-corrected chi connectivity index (χ2v) is 41.8. The summed E-state index contributed by atoms with van der Waals surface area (Å²) in [6.07, 6.45) is 27.3. The molecule has 12 heteroatoms. The summed E-state index contributed by atoms with van der Waals surface area (Å²) in [7, 11) is 4.65. The Balaban J connectivity index is 0.789. The van der Waals surface area contributed by atoms with Crippen LogP contribution in [0.2, 0.25) is 0 Å². The van der Waals surface area contributed by atoms with Crippen molar-refractivity contribution in [3.05, 3.63) is 80.5 Å². The van der Waals surface area contributed by atoms with Gasteiger partial charge in [-0.25, -0.2) is 0 Å². The van der Waals surface area contributed by atoms with Crippen molar-refractivity contribution in [2.75, 3.05) is 21.3 Å². The first kappa shape index (κ1) is 69.9. The standard InChI is InChI=1S/C90H122O12/c1-50-52-22-24-59-80(9,35-41-85(14)61-47-77(6,71(92)96-19)29-26-74(61,3)32-38-83(59,85)12)54(52)44-57-66(50)100-69-68(99-57)65-51(2)67-58(45-56(65)82(11)37-43-87(16)63-49-79(8,73(94)98-21)31-28-76(63,5)34-40-88(87,17)70(69)82)101-90(95)64(91)46-55-53(89(90,18)102-67)23-25-60-81(55,10)36-42-86(15)62-48-78(7,72(93)97-20)30-27-75(62,4)33-39-84(60,86)13/h23,25,44-46,59,61-63,68-70,95H,22,24,26-43,47-49H2,1-21H3/t59-,61-,62-,63-,68-,69-,70-,74-,75-,76-,77-,78-,79-,80+,81+,82+,83+,84+,85+,86+,87+,88+,89+,90-/m1/s1. The van der Waals surface area contributed by atoms with Crippen LogP contribution in [-0.4, -0.2) is 67.6 Å². The monoisotopic (exact) mass is 1390 g/mol. The van der Waals surface area contributed by atoms with E-state index in [1.807, 2.05) is 6.92 Å². The number of hydrogen-bond donors (Lipinski definition) is 1. The number of benzene rings is 2. The lowest BCUT2D eigenvalue weighted by Crippen LogP contribution is -2.70. The van der Waals surface area contributed by atoms with Crippen molar-refractivity contribution in [3.8, 4) is 23.0 Å². The van der Waals surface area contributed by atoms with E-state index in [9.17, 15) is 19.5 Å². The largest absolute Gasteiger partial charge is 0.482 e. The number of esters is 3. The molecule has 0 aromatic heterocycles. The van der Waals surface area contributed by atoms with E-state index >= 15 is 4.79 Å². The minimum atomic E-state index is -2.40. The van der Waals surface area contributed by atoms with Gasteiger partial charge in [-0.2, -0.15) is 0 Å². The van der Waals surface area contributed by atoms with Gasteiger partial charge < -0.3 is 38.3 Å². The van der Waals surface area contributed by atoms with Gasteiger partial charge in [0.1, 0.15) is 6.10 Å². The van der Waals surface area contributed by atoms with Crippen LogP contribution in [0.3, 0.4) is 0 Å². The molecule has 554 valence electrons. The van der Waals surface area contributed by atoms with E-state index in [1.54, 1.807) is 20.3 Å². The van der Waals surface area contributed by atoms with Gasteiger partial charge in [0.15, 0.2) is 29.1 Å². The van der Waals surface area contributed by atoms with Crippen LogP contribution in [0.1, 0.15) is 292 Å². The quantitative estimate of drug-likeness (QED) is 0.230. The Morgan fingerprint density at radius 3 is 1.53 bits per heavy atom. The van der Waals surface area contributed by atoms with Gasteiger partial charge in [0.05, 0.1) is 37.6 Å². The molecule has 24 atom stereocenters. The summed E-state index contributed by atoms with van der Waals surface area (Å²) in [5.74, 6) is 0.651. The van der Waals surface area contributed by atoms with Gasteiger partial charge in [0.2, 0.25) is 11.4 Å². The van der Waals surface area contributed by atoms with Gasteiger partial charge in [0.25, 0.3) is 0 Å². The number of allylic oxidation sites excluding steroid dienone is 3. The van der Waals surface area contributed by atoms with Gasteiger partial charge in [-0.3, -0.25) is 19.2 Å². The zero-order chi connectivity index (χ0) is 73.1. The number of aliphatic hydroxyl groups is 1. The Bertz CT molecular complexity index is 4200. The maximum absolute atomic E-state index is 15.7. The summed E-state index contributed by atoms with van der Waals surface area (Å²) >= 11 is 0. The number of methoxy groups -OCH3 is 3.